The van der Waals surface area contributed by atoms with Gasteiger partial charge < -0.3 is 9.52 Å². The first-order chi connectivity index (χ1) is 7.12. The van der Waals surface area contributed by atoms with Crippen molar-refractivity contribution in [3.8, 4) is 11.8 Å². The lowest BCUT2D eigenvalue weighted by Crippen LogP contribution is -2.35. The predicted octanol–water partition coefficient (Wildman–Crippen LogP) is 1.75. The molecule has 1 atom stereocenters. The Kier molecular flexibility index (Phi) is 3.70. The number of rotatable bonds is 3. The number of carbonyl (C=O) groups excluding carboxylic acids is 1. The third kappa shape index (κ3) is 2.71. The van der Waals surface area contributed by atoms with E-state index in [2.05, 4.69) is 11.8 Å². The standard InChI is InChI=1S/C12H14O3/c1-3-11(13)12(14,4-2)8-7-10-6-5-9-15-10/h5-6,9,14H,3-4H2,1-2H3. The minimum Gasteiger partial charge on any atom is -0.456 e. The van der Waals surface area contributed by atoms with Gasteiger partial charge in [0, 0.05) is 6.42 Å². The van der Waals surface area contributed by atoms with Crippen LogP contribution in [0.3, 0.4) is 0 Å². The van der Waals surface area contributed by atoms with E-state index in [0.29, 0.717) is 5.76 Å². The van der Waals surface area contributed by atoms with Crippen LogP contribution in [0, 0.1) is 11.8 Å². The number of aliphatic hydroxyl groups is 1. The molecule has 80 valence electrons. The van der Waals surface area contributed by atoms with E-state index in [4.69, 9.17) is 4.42 Å². The third-order valence-electron chi connectivity index (χ3n) is 2.21. The van der Waals surface area contributed by atoms with E-state index in [9.17, 15) is 9.90 Å². The highest BCUT2D eigenvalue weighted by atomic mass is 16.3. The van der Waals surface area contributed by atoms with Crippen LogP contribution in [-0.2, 0) is 4.79 Å². The lowest BCUT2D eigenvalue weighted by molar-refractivity contribution is -0.132. The summed E-state index contributed by atoms with van der Waals surface area (Å²) in [5.74, 6) is 5.39. The van der Waals surface area contributed by atoms with Gasteiger partial charge in [0.2, 0.25) is 0 Å². The molecule has 1 N–H and O–H groups in total. The summed E-state index contributed by atoms with van der Waals surface area (Å²) in [6.45, 7) is 3.43. The second kappa shape index (κ2) is 4.81. The van der Waals surface area contributed by atoms with Gasteiger partial charge in [0.15, 0.2) is 17.1 Å². The summed E-state index contributed by atoms with van der Waals surface area (Å²) in [6.07, 6.45) is 2.06. The smallest absolute Gasteiger partial charge is 0.184 e. The lowest BCUT2D eigenvalue weighted by atomic mass is 9.94. The van der Waals surface area contributed by atoms with E-state index in [1.807, 2.05) is 0 Å². The van der Waals surface area contributed by atoms with Gasteiger partial charge in [-0.2, -0.15) is 0 Å². The first-order valence-electron chi connectivity index (χ1n) is 4.94. The van der Waals surface area contributed by atoms with Crippen LogP contribution < -0.4 is 0 Å². The molecule has 0 aliphatic rings. The second-order valence-corrected chi connectivity index (χ2v) is 3.22. The van der Waals surface area contributed by atoms with Gasteiger partial charge in [0.05, 0.1) is 6.26 Å². The zero-order valence-corrected chi connectivity index (χ0v) is 8.91. The van der Waals surface area contributed by atoms with Crippen molar-refractivity contribution in [2.45, 2.75) is 32.3 Å². The number of furan rings is 1. The minimum absolute atomic E-state index is 0.260. The summed E-state index contributed by atoms with van der Waals surface area (Å²) in [4.78, 5) is 11.4. The molecule has 3 heteroatoms. The Bertz CT molecular complexity index is 381. The molecular weight excluding hydrogens is 192 g/mol. The van der Waals surface area contributed by atoms with Gasteiger partial charge >= 0.3 is 0 Å². The van der Waals surface area contributed by atoms with Crippen LogP contribution >= 0.6 is 0 Å². The fourth-order valence-electron chi connectivity index (χ4n) is 1.16. The molecule has 0 aliphatic carbocycles. The zero-order chi connectivity index (χ0) is 11.3. The molecule has 15 heavy (non-hydrogen) atoms. The van der Waals surface area contributed by atoms with Gasteiger partial charge in [-0.05, 0) is 24.5 Å². The largest absolute Gasteiger partial charge is 0.456 e. The quantitative estimate of drug-likeness (QED) is 0.766. The van der Waals surface area contributed by atoms with Crippen molar-refractivity contribution >= 4 is 5.78 Å². The molecule has 1 unspecified atom stereocenters. The maximum atomic E-state index is 11.4. The molecule has 0 amide bonds. The Morgan fingerprint density at radius 2 is 2.33 bits per heavy atom. The normalized spacial score (nSPS) is 13.8. The third-order valence-corrected chi connectivity index (χ3v) is 2.21. The Morgan fingerprint density at radius 3 is 2.80 bits per heavy atom. The molecule has 0 aromatic carbocycles. The van der Waals surface area contributed by atoms with Crippen molar-refractivity contribution < 1.29 is 14.3 Å². The van der Waals surface area contributed by atoms with Gasteiger partial charge in [-0.3, -0.25) is 4.79 Å². The molecule has 0 spiro atoms. The van der Waals surface area contributed by atoms with Gasteiger partial charge in [-0.25, -0.2) is 0 Å². The second-order valence-electron chi connectivity index (χ2n) is 3.22. The van der Waals surface area contributed by atoms with Gasteiger partial charge in [0.25, 0.3) is 0 Å². The van der Waals surface area contributed by atoms with Gasteiger partial charge in [-0.15, -0.1) is 0 Å². The monoisotopic (exact) mass is 206 g/mol. The van der Waals surface area contributed by atoms with E-state index in [1.165, 1.54) is 6.26 Å². The maximum Gasteiger partial charge on any atom is 0.184 e. The summed E-state index contributed by atoms with van der Waals surface area (Å²) in [6, 6.07) is 3.39. The van der Waals surface area contributed by atoms with E-state index in [0.717, 1.165) is 0 Å². The van der Waals surface area contributed by atoms with Crippen LogP contribution in [0.2, 0.25) is 0 Å². The Hall–Kier alpha value is -1.53. The molecule has 0 bridgehead atoms. The van der Waals surface area contributed by atoms with E-state index < -0.39 is 5.60 Å². The number of hydrogen-bond donors (Lipinski definition) is 1. The first kappa shape index (κ1) is 11.5. The average molecular weight is 206 g/mol. The summed E-state index contributed by atoms with van der Waals surface area (Å²) < 4.78 is 4.99. The summed E-state index contributed by atoms with van der Waals surface area (Å²) >= 11 is 0. The molecule has 1 aromatic heterocycles. The SMILES string of the molecule is CCC(=O)C(O)(C#Cc1ccco1)CC. The van der Waals surface area contributed by atoms with Crippen molar-refractivity contribution in [2.24, 2.45) is 0 Å². The summed E-state index contributed by atoms with van der Waals surface area (Å²) in [5.41, 5.74) is -1.54. The number of carbonyl (C=O) groups is 1. The van der Waals surface area contributed by atoms with Gasteiger partial charge in [0.1, 0.15) is 0 Å². The van der Waals surface area contributed by atoms with E-state index in [-0.39, 0.29) is 18.6 Å². The van der Waals surface area contributed by atoms with Crippen molar-refractivity contribution in [1.82, 2.24) is 0 Å². The fourth-order valence-corrected chi connectivity index (χ4v) is 1.16. The van der Waals surface area contributed by atoms with Crippen LogP contribution in [-0.4, -0.2) is 16.5 Å². The van der Waals surface area contributed by atoms with Crippen molar-refractivity contribution in [3.63, 3.8) is 0 Å². The molecule has 3 nitrogen and oxygen atoms in total. The highest BCUT2D eigenvalue weighted by Crippen LogP contribution is 2.12. The Morgan fingerprint density at radius 1 is 1.60 bits per heavy atom. The number of hydrogen-bond acceptors (Lipinski definition) is 3. The summed E-state index contributed by atoms with van der Waals surface area (Å²) in [5, 5.41) is 9.92. The lowest BCUT2D eigenvalue weighted by Gasteiger charge is -2.17. The number of ketones is 1. The molecule has 0 saturated heterocycles. The van der Waals surface area contributed by atoms with Crippen LogP contribution in [0.4, 0.5) is 0 Å². The zero-order valence-electron chi connectivity index (χ0n) is 8.91. The molecule has 1 rings (SSSR count). The molecule has 0 radical (unpaired) electrons. The van der Waals surface area contributed by atoms with Crippen molar-refractivity contribution in [1.29, 1.82) is 0 Å². The Balaban J connectivity index is 2.89. The van der Waals surface area contributed by atoms with E-state index in [1.54, 1.807) is 26.0 Å². The average Bonchev–Trinajstić information content (AvgIpc) is 2.77. The van der Waals surface area contributed by atoms with Crippen LogP contribution in [0.25, 0.3) is 0 Å². The summed E-state index contributed by atoms with van der Waals surface area (Å²) in [7, 11) is 0. The minimum atomic E-state index is -1.54. The highest BCUT2D eigenvalue weighted by molar-refractivity contribution is 5.90. The highest BCUT2D eigenvalue weighted by Gasteiger charge is 2.29. The van der Waals surface area contributed by atoms with Crippen molar-refractivity contribution in [2.75, 3.05) is 0 Å². The van der Waals surface area contributed by atoms with Crippen molar-refractivity contribution in [3.05, 3.63) is 24.2 Å². The number of Topliss-reactive ketones (excluding diaryl/α,β-unsaturated/α-hetero) is 1. The first-order valence-corrected chi connectivity index (χ1v) is 4.94. The molecule has 0 aliphatic heterocycles. The van der Waals surface area contributed by atoms with E-state index >= 15 is 0 Å². The molecule has 1 aromatic rings. The molecule has 0 saturated carbocycles. The molecule has 0 fully saturated rings. The Labute approximate surface area is 89.1 Å². The van der Waals surface area contributed by atoms with Crippen LogP contribution in [0.5, 0.6) is 0 Å². The molecular formula is C12H14O3. The van der Waals surface area contributed by atoms with Gasteiger partial charge in [-0.1, -0.05) is 19.8 Å². The predicted molar refractivity (Wildman–Crippen MR) is 56.1 cm³/mol. The maximum absolute atomic E-state index is 11.4. The van der Waals surface area contributed by atoms with Crippen LogP contribution in [0.15, 0.2) is 22.8 Å². The topological polar surface area (TPSA) is 50.4 Å². The molecule has 1 heterocycles. The van der Waals surface area contributed by atoms with Crippen LogP contribution in [0.1, 0.15) is 32.4 Å². The fraction of sp³-hybridized carbons (Fsp3) is 0.417.